The minimum atomic E-state index is 0.0503. The Bertz CT molecular complexity index is 167. The summed E-state index contributed by atoms with van der Waals surface area (Å²) in [5, 5.41) is 5.39. The van der Waals surface area contributed by atoms with Crippen molar-refractivity contribution in [3.8, 4) is 0 Å². The maximum atomic E-state index is 5.18. The quantitative estimate of drug-likeness (QED) is 0.350. The van der Waals surface area contributed by atoms with Crippen LogP contribution in [0.15, 0.2) is 17.4 Å². The molecule has 0 atom stereocenters. The number of nitrogens with two attached hydrogens (primary N) is 2. The molecule has 4 N–H and O–H groups in total. The highest BCUT2D eigenvalue weighted by atomic mass is 15.5. The molecule has 0 aliphatic rings. The maximum Gasteiger partial charge on any atom is 0.209 e. The predicted molar refractivity (Wildman–Crippen MR) is 47.6 cm³/mol. The Balaban J connectivity index is 4.15. The van der Waals surface area contributed by atoms with Crippen molar-refractivity contribution in [3.63, 3.8) is 0 Å². The molecule has 11 heavy (non-hydrogen) atoms. The second-order valence-corrected chi connectivity index (χ2v) is 2.69. The Morgan fingerprint density at radius 2 is 1.91 bits per heavy atom. The van der Waals surface area contributed by atoms with Crippen LogP contribution in [0.5, 0.6) is 0 Å². The zero-order chi connectivity index (χ0) is 9.02. The van der Waals surface area contributed by atoms with Gasteiger partial charge in [0.25, 0.3) is 0 Å². The number of guanidine groups is 1. The van der Waals surface area contributed by atoms with Crippen molar-refractivity contribution in [1.29, 1.82) is 0 Å². The standard InChI is InChI=1S/C7H16N4/c1-5(2)6(3)11(4)10-7(8)9/h5H,3H2,1-2,4H3,(H4,8,9,10). The van der Waals surface area contributed by atoms with E-state index in [1.807, 2.05) is 13.8 Å². The number of allylic oxidation sites excluding steroid dienone is 1. The smallest absolute Gasteiger partial charge is 0.209 e. The lowest BCUT2D eigenvalue weighted by molar-refractivity contribution is 0.397. The Labute approximate surface area is 67.5 Å². The van der Waals surface area contributed by atoms with E-state index >= 15 is 0 Å². The van der Waals surface area contributed by atoms with Crippen molar-refractivity contribution in [3.05, 3.63) is 12.3 Å². The van der Waals surface area contributed by atoms with E-state index in [1.54, 1.807) is 12.1 Å². The average molecular weight is 156 g/mol. The van der Waals surface area contributed by atoms with Gasteiger partial charge >= 0.3 is 0 Å². The Morgan fingerprint density at radius 1 is 1.45 bits per heavy atom. The molecule has 0 amide bonds. The van der Waals surface area contributed by atoms with Crippen molar-refractivity contribution >= 4 is 5.96 Å². The van der Waals surface area contributed by atoms with Crippen LogP contribution >= 0.6 is 0 Å². The lowest BCUT2D eigenvalue weighted by atomic mass is 10.1. The van der Waals surface area contributed by atoms with E-state index in [1.165, 1.54) is 0 Å². The van der Waals surface area contributed by atoms with Crippen LogP contribution in [0.4, 0.5) is 0 Å². The molecule has 64 valence electrons. The molecule has 0 spiro atoms. The number of hydrogen-bond acceptors (Lipinski definition) is 2. The number of hydrogen-bond donors (Lipinski definition) is 2. The van der Waals surface area contributed by atoms with Crippen LogP contribution in [-0.4, -0.2) is 18.0 Å². The van der Waals surface area contributed by atoms with Crippen LogP contribution in [0.1, 0.15) is 13.8 Å². The van der Waals surface area contributed by atoms with Gasteiger partial charge in [-0.05, 0) is 5.92 Å². The summed E-state index contributed by atoms with van der Waals surface area (Å²) < 4.78 is 0. The number of rotatable bonds is 3. The second-order valence-electron chi connectivity index (χ2n) is 2.69. The van der Waals surface area contributed by atoms with Gasteiger partial charge in [-0.25, -0.2) is 0 Å². The van der Waals surface area contributed by atoms with E-state index in [2.05, 4.69) is 11.7 Å². The zero-order valence-corrected chi connectivity index (χ0v) is 7.33. The molecule has 0 rings (SSSR count). The molecule has 0 aromatic heterocycles. The molecule has 0 radical (unpaired) electrons. The summed E-state index contributed by atoms with van der Waals surface area (Å²) in [7, 11) is 1.77. The van der Waals surface area contributed by atoms with Crippen molar-refractivity contribution in [2.24, 2.45) is 22.5 Å². The highest BCUT2D eigenvalue weighted by Crippen LogP contribution is 2.10. The monoisotopic (exact) mass is 156 g/mol. The van der Waals surface area contributed by atoms with Crippen molar-refractivity contribution in [2.45, 2.75) is 13.8 Å². The third kappa shape index (κ3) is 3.50. The normalized spacial score (nSPS) is 9.45. The molecular weight excluding hydrogens is 140 g/mol. The van der Waals surface area contributed by atoms with Gasteiger partial charge in [-0.1, -0.05) is 20.4 Å². The van der Waals surface area contributed by atoms with E-state index in [4.69, 9.17) is 11.5 Å². The molecule has 0 aliphatic heterocycles. The molecule has 0 unspecified atom stereocenters. The van der Waals surface area contributed by atoms with Crippen LogP contribution in [0.3, 0.4) is 0 Å². The predicted octanol–water partition coefficient (Wildman–Crippen LogP) is 0.276. The molecule has 0 saturated heterocycles. The molecular formula is C7H16N4. The van der Waals surface area contributed by atoms with Gasteiger partial charge in [0.2, 0.25) is 5.96 Å². The van der Waals surface area contributed by atoms with Crippen LogP contribution in [0.25, 0.3) is 0 Å². The summed E-state index contributed by atoms with van der Waals surface area (Å²) in [5.41, 5.74) is 11.2. The van der Waals surface area contributed by atoms with Crippen LogP contribution in [-0.2, 0) is 0 Å². The van der Waals surface area contributed by atoms with E-state index in [0.29, 0.717) is 5.92 Å². The summed E-state index contributed by atoms with van der Waals surface area (Å²) in [4.78, 5) is 0. The van der Waals surface area contributed by atoms with E-state index in [0.717, 1.165) is 5.70 Å². The molecule has 0 bridgehead atoms. The molecule has 0 aliphatic carbocycles. The molecule has 0 fully saturated rings. The first-order chi connectivity index (χ1) is 4.95. The van der Waals surface area contributed by atoms with Crippen LogP contribution in [0, 0.1) is 5.92 Å². The minimum Gasteiger partial charge on any atom is -0.369 e. The minimum absolute atomic E-state index is 0.0503. The van der Waals surface area contributed by atoms with Crippen molar-refractivity contribution in [1.82, 2.24) is 5.01 Å². The SMILES string of the molecule is C=C(C(C)C)N(C)N=C(N)N. The number of nitrogens with zero attached hydrogens (tertiary/aromatic N) is 2. The Hall–Kier alpha value is -1.19. The summed E-state index contributed by atoms with van der Waals surface area (Å²) in [6, 6.07) is 0. The van der Waals surface area contributed by atoms with E-state index in [9.17, 15) is 0 Å². The number of hydrazone groups is 1. The largest absolute Gasteiger partial charge is 0.369 e. The van der Waals surface area contributed by atoms with Gasteiger partial charge < -0.3 is 11.5 Å². The highest BCUT2D eigenvalue weighted by molar-refractivity contribution is 5.75. The van der Waals surface area contributed by atoms with Crippen molar-refractivity contribution in [2.75, 3.05) is 7.05 Å². The molecule has 0 aromatic rings. The first-order valence-electron chi connectivity index (χ1n) is 3.47. The zero-order valence-electron chi connectivity index (χ0n) is 7.33. The van der Waals surface area contributed by atoms with Gasteiger partial charge in [0.1, 0.15) is 0 Å². The van der Waals surface area contributed by atoms with Gasteiger partial charge in [0, 0.05) is 12.7 Å². The van der Waals surface area contributed by atoms with E-state index in [-0.39, 0.29) is 5.96 Å². The van der Waals surface area contributed by atoms with Gasteiger partial charge in [-0.3, -0.25) is 5.01 Å². The fourth-order valence-corrected chi connectivity index (χ4v) is 0.611. The topological polar surface area (TPSA) is 67.6 Å². The Kier molecular flexibility index (Phi) is 3.44. The first-order valence-corrected chi connectivity index (χ1v) is 3.47. The average Bonchev–Trinajstić information content (AvgIpc) is 1.84. The molecule has 0 aromatic carbocycles. The fraction of sp³-hybridized carbons (Fsp3) is 0.571. The highest BCUT2D eigenvalue weighted by Gasteiger charge is 2.04. The second kappa shape index (κ2) is 3.85. The van der Waals surface area contributed by atoms with Gasteiger partial charge in [-0.2, -0.15) is 0 Å². The van der Waals surface area contributed by atoms with Gasteiger partial charge in [0.15, 0.2) is 0 Å². The van der Waals surface area contributed by atoms with Gasteiger partial charge in [0.05, 0.1) is 0 Å². The molecule has 4 nitrogen and oxygen atoms in total. The fourth-order valence-electron chi connectivity index (χ4n) is 0.611. The first kappa shape index (κ1) is 9.81. The summed E-state index contributed by atoms with van der Waals surface area (Å²) in [6.45, 7) is 7.87. The van der Waals surface area contributed by atoms with Crippen molar-refractivity contribution < 1.29 is 0 Å². The van der Waals surface area contributed by atoms with Crippen LogP contribution < -0.4 is 11.5 Å². The van der Waals surface area contributed by atoms with Gasteiger partial charge in [-0.15, -0.1) is 5.10 Å². The summed E-state index contributed by atoms with van der Waals surface area (Å²) in [5.74, 6) is 0.400. The summed E-state index contributed by atoms with van der Waals surface area (Å²) in [6.07, 6.45) is 0. The lowest BCUT2D eigenvalue weighted by Crippen LogP contribution is -2.27. The third-order valence-electron chi connectivity index (χ3n) is 1.35. The van der Waals surface area contributed by atoms with Crippen LogP contribution in [0.2, 0.25) is 0 Å². The lowest BCUT2D eigenvalue weighted by Gasteiger charge is -2.18. The molecule has 0 heterocycles. The molecule has 0 saturated carbocycles. The Morgan fingerprint density at radius 3 is 2.18 bits per heavy atom. The maximum absolute atomic E-state index is 5.18. The molecule has 4 heteroatoms. The van der Waals surface area contributed by atoms with E-state index < -0.39 is 0 Å². The third-order valence-corrected chi connectivity index (χ3v) is 1.35. The summed E-state index contributed by atoms with van der Waals surface area (Å²) >= 11 is 0.